The van der Waals surface area contributed by atoms with Crippen molar-refractivity contribution in [2.45, 2.75) is 12.3 Å². The number of esters is 1. The van der Waals surface area contributed by atoms with Gasteiger partial charge in [0.05, 0.1) is 20.6 Å². The fourth-order valence-electron chi connectivity index (χ4n) is 4.35. The number of rotatable bonds is 4. The molecule has 35 heavy (non-hydrogen) atoms. The van der Waals surface area contributed by atoms with Crippen molar-refractivity contribution in [1.82, 2.24) is 0 Å². The summed E-state index contributed by atoms with van der Waals surface area (Å²) < 4.78 is 21.7. The largest absolute Gasteiger partial charge is 0.507 e. The summed E-state index contributed by atoms with van der Waals surface area (Å²) >= 11 is 0. The predicted octanol–water partition coefficient (Wildman–Crippen LogP) is 4.04. The minimum absolute atomic E-state index is 0.0330. The Hall–Kier alpha value is -4.66. The van der Waals surface area contributed by atoms with Crippen molar-refractivity contribution in [2.75, 3.05) is 14.2 Å². The summed E-state index contributed by atoms with van der Waals surface area (Å²) in [5, 5.41) is 31.0. The number of carbonyl (C=O) groups is 1. The maximum absolute atomic E-state index is 13.1. The first-order valence-corrected chi connectivity index (χ1v) is 10.6. The summed E-state index contributed by atoms with van der Waals surface area (Å²) in [5.74, 6) is -1.18. The number of ether oxygens (including phenoxy) is 3. The zero-order valence-corrected chi connectivity index (χ0v) is 18.7. The monoisotopic (exact) mass is 476 g/mol. The second-order valence-corrected chi connectivity index (χ2v) is 8.04. The van der Waals surface area contributed by atoms with Crippen LogP contribution in [0, 0.1) is 0 Å². The molecule has 9 nitrogen and oxygen atoms in total. The van der Waals surface area contributed by atoms with E-state index in [1.807, 2.05) is 0 Å². The Kier molecular flexibility index (Phi) is 5.24. The van der Waals surface area contributed by atoms with E-state index in [1.165, 1.54) is 44.6 Å². The lowest BCUT2D eigenvalue weighted by Gasteiger charge is -2.26. The number of hydrogen-bond donors (Lipinski definition) is 3. The second kappa shape index (κ2) is 8.28. The Bertz CT molecular complexity index is 1550. The second-order valence-electron chi connectivity index (χ2n) is 8.04. The number of phenolic OH excluding ortho intramolecular Hbond substituents is 3. The standard InChI is InChI=1S/C26H20O9/c1-32-19-5-3-12(7-15(19)27)14-9-23(31)34-22-11-18(30)25-17(29)10-21(35-26(25)24(14)22)13-4-6-20(33-2)16(28)8-13/h3-8,10-11,14,27-28,30H,9H2,1-2H3/t14-/m0/s1. The van der Waals surface area contributed by atoms with Gasteiger partial charge < -0.3 is 33.9 Å². The zero-order chi connectivity index (χ0) is 24.9. The molecule has 1 aromatic heterocycles. The van der Waals surface area contributed by atoms with E-state index in [2.05, 4.69) is 0 Å². The van der Waals surface area contributed by atoms with Crippen LogP contribution in [0.2, 0.25) is 0 Å². The number of benzene rings is 3. The molecular weight excluding hydrogens is 456 g/mol. The van der Waals surface area contributed by atoms with E-state index in [4.69, 9.17) is 18.6 Å². The molecule has 3 aromatic carbocycles. The first-order valence-electron chi connectivity index (χ1n) is 10.6. The highest BCUT2D eigenvalue weighted by atomic mass is 16.5. The first-order chi connectivity index (χ1) is 16.8. The average molecular weight is 476 g/mol. The quantitative estimate of drug-likeness (QED) is 0.295. The molecule has 0 unspecified atom stereocenters. The number of phenols is 3. The highest BCUT2D eigenvalue weighted by Gasteiger charge is 2.34. The van der Waals surface area contributed by atoms with Gasteiger partial charge in [0.1, 0.15) is 28.2 Å². The van der Waals surface area contributed by atoms with Gasteiger partial charge in [0.15, 0.2) is 28.4 Å². The molecule has 0 saturated carbocycles. The fourth-order valence-corrected chi connectivity index (χ4v) is 4.35. The molecule has 3 N–H and O–H groups in total. The molecular formula is C26H20O9. The van der Waals surface area contributed by atoms with Gasteiger partial charge in [-0.25, -0.2) is 0 Å². The van der Waals surface area contributed by atoms with Crippen LogP contribution in [0.3, 0.4) is 0 Å². The van der Waals surface area contributed by atoms with Crippen molar-refractivity contribution in [3.05, 3.63) is 69.9 Å². The molecule has 4 aromatic rings. The molecule has 0 spiro atoms. The third kappa shape index (κ3) is 3.67. The predicted molar refractivity (Wildman–Crippen MR) is 125 cm³/mol. The third-order valence-corrected chi connectivity index (χ3v) is 5.99. The van der Waals surface area contributed by atoms with Gasteiger partial charge in [-0.1, -0.05) is 6.07 Å². The molecule has 5 rings (SSSR count). The maximum Gasteiger partial charge on any atom is 0.312 e. The van der Waals surface area contributed by atoms with E-state index in [0.717, 1.165) is 0 Å². The van der Waals surface area contributed by atoms with Gasteiger partial charge in [-0.3, -0.25) is 9.59 Å². The fraction of sp³-hybridized carbons (Fsp3) is 0.154. The normalized spacial score (nSPS) is 14.9. The van der Waals surface area contributed by atoms with Crippen LogP contribution in [-0.2, 0) is 4.79 Å². The summed E-state index contributed by atoms with van der Waals surface area (Å²) in [6.45, 7) is 0. The number of aromatic hydroxyl groups is 3. The molecule has 2 heterocycles. The van der Waals surface area contributed by atoms with Gasteiger partial charge in [0.2, 0.25) is 0 Å². The van der Waals surface area contributed by atoms with Crippen LogP contribution in [0.1, 0.15) is 23.5 Å². The summed E-state index contributed by atoms with van der Waals surface area (Å²) in [5.41, 5.74) is 0.837. The van der Waals surface area contributed by atoms with Gasteiger partial charge in [-0.15, -0.1) is 0 Å². The first kappa shape index (κ1) is 22.1. The van der Waals surface area contributed by atoms with Crippen molar-refractivity contribution < 1.29 is 38.7 Å². The smallest absolute Gasteiger partial charge is 0.312 e. The number of methoxy groups -OCH3 is 2. The lowest BCUT2D eigenvalue weighted by atomic mass is 9.85. The van der Waals surface area contributed by atoms with Crippen molar-refractivity contribution in [1.29, 1.82) is 0 Å². The molecule has 1 aliphatic rings. The minimum atomic E-state index is -0.645. The molecule has 1 atom stereocenters. The van der Waals surface area contributed by atoms with Crippen LogP contribution in [0.15, 0.2) is 57.7 Å². The van der Waals surface area contributed by atoms with Crippen molar-refractivity contribution in [3.8, 4) is 45.8 Å². The van der Waals surface area contributed by atoms with E-state index in [1.54, 1.807) is 18.2 Å². The molecule has 178 valence electrons. The summed E-state index contributed by atoms with van der Waals surface area (Å²) in [7, 11) is 2.84. The molecule has 0 aliphatic carbocycles. The van der Waals surface area contributed by atoms with Crippen LogP contribution in [0.25, 0.3) is 22.3 Å². The molecule has 9 heteroatoms. The van der Waals surface area contributed by atoms with Crippen molar-refractivity contribution in [2.24, 2.45) is 0 Å². The average Bonchev–Trinajstić information content (AvgIpc) is 2.82. The molecule has 0 saturated heterocycles. The minimum Gasteiger partial charge on any atom is -0.507 e. The van der Waals surface area contributed by atoms with E-state index >= 15 is 0 Å². The van der Waals surface area contributed by atoms with Gasteiger partial charge in [0, 0.05) is 29.2 Å². The van der Waals surface area contributed by atoms with E-state index in [0.29, 0.717) is 16.7 Å². The Balaban J connectivity index is 1.78. The van der Waals surface area contributed by atoms with Crippen LogP contribution in [0.4, 0.5) is 0 Å². The van der Waals surface area contributed by atoms with Crippen LogP contribution < -0.4 is 19.6 Å². The maximum atomic E-state index is 13.1. The van der Waals surface area contributed by atoms with Crippen LogP contribution in [0.5, 0.6) is 34.5 Å². The molecule has 0 amide bonds. The van der Waals surface area contributed by atoms with Gasteiger partial charge in [-0.2, -0.15) is 0 Å². The van der Waals surface area contributed by atoms with E-state index in [9.17, 15) is 24.9 Å². The third-order valence-electron chi connectivity index (χ3n) is 5.99. The van der Waals surface area contributed by atoms with Gasteiger partial charge in [0.25, 0.3) is 0 Å². The number of hydrogen-bond acceptors (Lipinski definition) is 9. The van der Waals surface area contributed by atoms with Crippen molar-refractivity contribution >= 4 is 16.9 Å². The Morgan fingerprint density at radius 1 is 0.857 bits per heavy atom. The molecule has 0 radical (unpaired) electrons. The topological polar surface area (TPSA) is 136 Å². The lowest BCUT2D eigenvalue weighted by Crippen LogP contribution is -2.22. The van der Waals surface area contributed by atoms with Gasteiger partial charge in [-0.05, 0) is 35.9 Å². The molecule has 0 bridgehead atoms. The van der Waals surface area contributed by atoms with Crippen molar-refractivity contribution in [3.63, 3.8) is 0 Å². The SMILES string of the molecule is COc1ccc(-c2cc(=O)c3c(O)cc4c(c3o2)[C@H](c2ccc(OC)c(O)c2)CC(=O)O4)cc1O. The lowest BCUT2D eigenvalue weighted by molar-refractivity contribution is -0.135. The molecule has 1 aliphatic heterocycles. The van der Waals surface area contributed by atoms with Gasteiger partial charge >= 0.3 is 5.97 Å². The zero-order valence-electron chi connectivity index (χ0n) is 18.7. The Morgan fingerprint density at radius 2 is 1.54 bits per heavy atom. The Labute approximate surface area is 198 Å². The van der Waals surface area contributed by atoms with E-state index < -0.39 is 23.1 Å². The summed E-state index contributed by atoms with van der Waals surface area (Å²) in [6, 6.07) is 11.7. The summed E-state index contributed by atoms with van der Waals surface area (Å²) in [6.07, 6.45) is -0.0874. The molecule has 0 fully saturated rings. The number of carbonyl (C=O) groups excluding carboxylic acids is 1. The van der Waals surface area contributed by atoms with Crippen LogP contribution in [-0.4, -0.2) is 35.5 Å². The highest BCUT2D eigenvalue weighted by Crippen LogP contribution is 2.47. The Morgan fingerprint density at radius 3 is 2.20 bits per heavy atom. The van der Waals surface area contributed by atoms with E-state index in [-0.39, 0.29) is 51.9 Å². The highest BCUT2D eigenvalue weighted by molar-refractivity contribution is 5.93. The van der Waals surface area contributed by atoms with Crippen LogP contribution >= 0.6 is 0 Å². The summed E-state index contributed by atoms with van der Waals surface area (Å²) in [4.78, 5) is 25.5. The number of fused-ring (bicyclic) bond motifs is 3.